The predicted octanol–water partition coefficient (Wildman–Crippen LogP) is 5.48. The lowest BCUT2D eigenvalue weighted by atomic mass is 9.94. The summed E-state index contributed by atoms with van der Waals surface area (Å²) in [6, 6.07) is 15.5. The van der Waals surface area contributed by atoms with Crippen LogP contribution in [0.5, 0.6) is 17.2 Å². The zero-order valence-electron chi connectivity index (χ0n) is 21.5. The first-order valence-corrected chi connectivity index (χ1v) is 13.2. The first kappa shape index (κ1) is 27.5. The second kappa shape index (κ2) is 12.0. The Hall–Kier alpha value is -4.08. The van der Waals surface area contributed by atoms with Gasteiger partial charge in [0.25, 0.3) is 0 Å². The second-order valence-corrected chi connectivity index (χ2v) is 10.2. The average Bonchev–Trinajstić information content (AvgIpc) is 3.37. The maximum atomic E-state index is 12.6. The van der Waals surface area contributed by atoms with E-state index in [-0.39, 0.29) is 41.4 Å². The number of ketones is 1. The molecule has 1 N–H and O–H groups in total. The summed E-state index contributed by atoms with van der Waals surface area (Å²) < 4.78 is 18.0. The van der Waals surface area contributed by atoms with Gasteiger partial charge < -0.3 is 19.3 Å². The minimum Gasteiger partial charge on any atom is -0.507 e. The van der Waals surface area contributed by atoms with Crippen molar-refractivity contribution < 1.29 is 28.9 Å². The third-order valence-electron chi connectivity index (χ3n) is 6.52. The van der Waals surface area contributed by atoms with E-state index in [4.69, 9.17) is 37.4 Å². The van der Waals surface area contributed by atoms with Gasteiger partial charge in [0.1, 0.15) is 47.8 Å². The lowest BCUT2D eigenvalue weighted by molar-refractivity contribution is 0.0234. The van der Waals surface area contributed by atoms with E-state index in [1.54, 1.807) is 31.5 Å². The molecule has 0 radical (unpaired) electrons. The molecule has 5 rings (SSSR count). The first-order chi connectivity index (χ1) is 19.3. The fourth-order valence-corrected chi connectivity index (χ4v) is 5.02. The molecule has 40 heavy (non-hydrogen) atoms. The number of rotatable bonds is 10. The average molecular weight is 582 g/mol. The first-order valence-electron chi connectivity index (χ1n) is 12.5. The number of hydrogen-bond acceptors (Lipinski definition) is 8. The Morgan fingerprint density at radius 2 is 1.93 bits per heavy atom. The number of phenols is 1. The van der Waals surface area contributed by atoms with Crippen molar-refractivity contribution in [1.82, 2.24) is 15.0 Å². The van der Waals surface area contributed by atoms with Gasteiger partial charge in [0.05, 0.1) is 18.3 Å². The third-order valence-corrected chi connectivity index (χ3v) is 7.07. The molecule has 3 aromatic carbocycles. The smallest absolute Gasteiger partial charge is 0.342 e. The fraction of sp³-hybridized carbons (Fsp3) is 0.241. The Bertz CT molecular complexity index is 1550. The molecule has 4 aromatic rings. The van der Waals surface area contributed by atoms with E-state index in [2.05, 4.69) is 10.3 Å². The minimum atomic E-state index is -0.557. The van der Waals surface area contributed by atoms with Crippen molar-refractivity contribution >= 4 is 35.0 Å². The molecule has 1 aliphatic heterocycles. The number of methoxy groups -OCH3 is 1. The highest BCUT2D eigenvalue weighted by Crippen LogP contribution is 2.34. The maximum absolute atomic E-state index is 12.6. The topological polar surface area (TPSA) is 113 Å². The van der Waals surface area contributed by atoms with Gasteiger partial charge in [-0.2, -0.15) is 0 Å². The molecule has 0 bridgehead atoms. The van der Waals surface area contributed by atoms with Crippen LogP contribution in [0.25, 0.3) is 0 Å². The molecule has 0 amide bonds. The molecule has 0 aliphatic carbocycles. The number of benzene rings is 3. The van der Waals surface area contributed by atoms with Gasteiger partial charge in [-0.05, 0) is 60.4 Å². The van der Waals surface area contributed by atoms with Crippen LogP contribution in [0.4, 0.5) is 0 Å². The normalized spacial score (nSPS) is 14.4. The number of aryl methyl sites for hydroxylation is 1. The molecule has 1 atom stereocenters. The SMILES string of the molecule is COc1ccc(CCC2Cc3cc(OCc4cn(CC(=O)c5ccc(Cl)cc5Cl)nn4)cc(O)c3C(=O)O2)cc1. The number of aromatic nitrogens is 3. The quantitative estimate of drug-likeness (QED) is 0.193. The monoisotopic (exact) mass is 581 g/mol. The van der Waals surface area contributed by atoms with Gasteiger partial charge in [-0.3, -0.25) is 4.79 Å². The number of ether oxygens (including phenoxy) is 3. The van der Waals surface area contributed by atoms with Crippen LogP contribution in [-0.2, 0) is 30.7 Å². The van der Waals surface area contributed by atoms with Gasteiger partial charge in [-0.25, -0.2) is 9.48 Å². The minimum absolute atomic E-state index is 0.0411. The molecule has 1 aromatic heterocycles. The largest absolute Gasteiger partial charge is 0.507 e. The van der Waals surface area contributed by atoms with Crippen molar-refractivity contribution in [2.45, 2.75) is 38.5 Å². The Labute approximate surface area is 240 Å². The number of carbonyl (C=O) groups is 2. The van der Waals surface area contributed by atoms with Gasteiger partial charge in [0.2, 0.25) is 0 Å². The number of carbonyl (C=O) groups excluding carboxylic acids is 2. The molecule has 9 nitrogen and oxygen atoms in total. The van der Waals surface area contributed by atoms with Crippen LogP contribution in [0.2, 0.25) is 10.0 Å². The van der Waals surface area contributed by atoms with Gasteiger partial charge in [0, 0.05) is 23.1 Å². The van der Waals surface area contributed by atoms with Crippen LogP contribution in [0.15, 0.2) is 60.8 Å². The number of Topliss-reactive ketones (excluding diaryl/α,β-unsaturated/α-hetero) is 1. The molecule has 0 fully saturated rings. The standard InChI is InChI=1S/C29H25Cl2N3O6/c1-38-21-6-2-17(3-7-21)4-8-22-10-18-11-23(13-26(35)28(18)29(37)40-22)39-16-20-14-34(33-32-20)15-27(36)24-9-5-19(30)12-25(24)31/h2-3,5-7,9,11-14,22,35H,4,8,10,15-16H2,1H3. The zero-order chi connectivity index (χ0) is 28.2. The highest BCUT2D eigenvalue weighted by atomic mass is 35.5. The van der Waals surface area contributed by atoms with Crippen molar-refractivity contribution in [1.29, 1.82) is 0 Å². The molecule has 2 heterocycles. The van der Waals surface area contributed by atoms with Crippen molar-refractivity contribution in [2.75, 3.05) is 7.11 Å². The number of cyclic esters (lactones) is 1. The predicted molar refractivity (Wildman–Crippen MR) is 147 cm³/mol. The summed E-state index contributed by atoms with van der Waals surface area (Å²) >= 11 is 12.0. The number of hydrogen-bond donors (Lipinski definition) is 1. The number of phenolic OH excluding ortho intramolecular Hbond substituents is 1. The number of aromatic hydroxyl groups is 1. The highest BCUT2D eigenvalue weighted by molar-refractivity contribution is 6.36. The van der Waals surface area contributed by atoms with E-state index in [1.807, 2.05) is 24.3 Å². The van der Waals surface area contributed by atoms with E-state index in [0.29, 0.717) is 40.4 Å². The maximum Gasteiger partial charge on any atom is 0.342 e. The molecular weight excluding hydrogens is 557 g/mol. The van der Waals surface area contributed by atoms with Gasteiger partial charge >= 0.3 is 5.97 Å². The molecular formula is C29H25Cl2N3O6. The van der Waals surface area contributed by atoms with E-state index in [1.165, 1.54) is 16.8 Å². The summed E-state index contributed by atoms with van der Waals surface area (Å²) in [7, 11) is 1.62. The van der Waals surface area contributed by atoms with Crippen molar-refractivity contribution in [3.05, 3.63) is 98.8 Å². The van der Waals surface area contributed by atoms with Crippen molar-refractivity contribution in [3.63, 3.8) is 0 Å². The fourth-order valence-electron chi connectivity index (χ4n) is 4.50. The Morgan fingerprint density at radius 1 is 1.12 bits per heavy atom. The molecule has 11 heteroatoms. The number of esters is 1. The number of nitrogens with zero attached hydrogens (tertiary/aromatic N) is 3. The van der Waals surface area contributed by atoms with Crippen LogP contribution in [0.3, 0.4) is 0 Å². The summed E-state index contributed by atoms with van der Waals surface area (Å²) in [6.45, 7) is -0.0204. The molecule has 0 spiro atoms. The van der Waals surface area contributed by atoms with Crippen LogP contribution in [0.1, 0.15) is 44.0 Å². The van der Waals surface area contributed by atoms with Crippen LogP contribution in [0, 0.1) is 0 Å². The highest BCUT2D eigenvalue weighted by Gasteiger charge is 2.30. The van der Waals surface area contributed by atoms with E-state index in [0.717, 1.165) is 17.7 Å². The Morgan fingerprint density at radius 3 is 2.67 bits per heavy atom. The summed E-state index contributed by atoms with van der Waals surface area (Å²) in [4.78, 5) is 25.2. The van der Waals surface area contributed by atoms with E-state index in [9.17, 15) is 14.7 Å². The van der Waals surface area contributed by atoms with Crippen LogP contribution < -0.4 is 9.47 Å². The lowest BCUT2D eigenvalue weighted by Crippen LogP contribution is -2.28. The zero-order valence-corrected chi connectivity index (χ0v) is 23.0. The molecule has 0 saturated heterocycles. The Kier molecular flexibility index (Phi) is 8.23. The number of halogens is 2. The Balaban J connectivity index is 1.20. The summed E-state index contributed by atoms with van der Waals surface area (Å²) in [5.41, 5.74) is 2.72. The molecule has 1 aliphatic rings. The molecule has 206 valence electrons. The van der Waals surface area contributed by atoms with Crippen molar-refractivity contribution in [2.24, 2.45) is 0 Å². The van der Waals surface area contributed by atoms with E-state index >= 15 is 0 Å². The second-order valence-electron chi connectivity index (χ2n) is 9.34. The van der Waals surface area contributed by atoms with Gasteiger partial charge in [-0.1, -0.05) is 40.5 Å². The molecule has 0 saturated carbocycles. The summed E-state index contributed by atoms with van der Waals surface area (Å²) in [5, 5.41) is 19.3. The van der Waals surface area contributed by atoms with Gasteiger partial charge in [0.15, 0.2) is 5.78 Å². The van der Waals surface area contributed by atoms with Crippen LogP contribution >= 0.6 is 23.2 Å². The third kappa shape index (κ3) is 6.38. The van der Waals surface area contributed by atoms with E-state index < -0.39 is 5.97 Å². The molecule has 1 unspecified atom stereocenters. The van der Waals surface area contributed by atoms with Crippen LogP contribution in [-0.4, -0.2) is 45.1 Å². The lowest BCUT2D eigenvalue weighted by Gasteiger charge is -2.25. The number of fused-ring (bicyclic) bond motifs is 1. The summed E-state index contributed by atoms with van der Waals surface area (Å²) in [5.74, 6) is 0.146. The van der Waals surface area contributed by atoms with Crippen molar-refractivity contribution in [3.8, 4) is 17.2 Å². The van der Waals surface area contributed by atoms with Gasteiger partial charge in [-0.15, -0.1) is 5.10 Å². The summed E-state index contributed by atoms with van der Waals surface area (Å²) in [6.07, 6.45) is 3.07.